The molecule has 5 nitrogen and oxygen atoms in total. The zero-order valence-electron chi connectivity index (χ0n) is 15.6. The van der Waals surface area contributed by atoms with Gasteiger partial charge in [-0.05, 0) is 39.7 Å². The van der Waals surface area contributed by atoms with Gasteiger partial charge in [-0.15, -0.1) is 12.4 Å². The van der Waals surface area contributed by atoms with Crippen molar-refractivity contribution in [3.63, 3.8) is 0 Å². The van der Waals surface area contributed by atoms with Crippen molar-refractivity contribution in [3.05, 3.63) is 92.9 Å². The summed E-state index contributed by atoms with van der Waals surface area (Å²) in [6, 6.07) is 23.4. The molecule has 4 aromatic carbocycles. The highest BCUT2D eigenvalue weighted by molar-refractivity contribution is 9.11. The average molecular weight is 555 g/mol. The first-order valence-corrected chi connectivity index (χ1v) is 9.97. The molecule has 0 aliphatic heterocycles. The topological polar surface area (TPSA) is 95.9 Å². The maximum atomic E-state index is 10.7. The third kappa shape index (κ3) is 6.10. The maximum Gasteiger partial charge on any atom is 0.150 e. The number of benzene rings is 4. The number of halogens is 3. The summed E-state index contributed by atoms with van der Waals surface area (Å²) < 4.78 is 2.07. The van der Waals surface area contributed by atoms with E-state index in [9.17, 15) is 4.79 Å². The van der Waals surface area contributed by atoms with E-state index in [1.165, 1.54) is 6.21 Å². The monoisotopic (exact) mass is 552 g/mol. The Morgan fingerprint density at radius 2 is 1.10 bits per heavy atom. The minimum atomic E-state index is 0. The van der Waals surface area contributed by atoms with Gasteiger partial charge in [0, 0.05) is 20.1 Å². The van der Waals surface area contributed by atoms with Crippen molar-refractivity contribution in [1.29, 1.82) is 0 Å². The van der Waals surface area contributed by atoms with Gasteiger partial charge in [-0.25, -0.2) is 5.90 Å². The first kappa shape index (κ1) is 25.7. The lowest BCUT2D eigenvalue weighted by atomic mass is 10.1. The van der Waals surface area contributed by atoms with Gasteiger partial charge in [-0.2, -0.15) is 0 Å². The number of nitrogens with zero attached hydrogens (tertiary/aromatic N) is 1. The fourth-order valence-corrected chi connectivity index (χ4v) is 3.80. The number of oxime groups is 1. The van der Waals surface area contributed by atoms with Crippen molar-refractivity contribution in [3.8, 4) is 0 Å². The molecule has 0 amide bonds. The van der Waals surface area contributed by atoms with Gasteiger partial charge in [-0.1, -0.05) is 91.6 Å². The third-order valence-corrected chi connectivity index (χ3v) is 5.52. The van der Waals surface area contributed by atoms with E-state index in [2.05, 4.69) is 42.9 Å². The number of hydrogen-bond acceptors (Lipinski definition) is 5. The summed E-state index contributed by atoms with van der Waals surface area (Å²) >= 11 is 6.92. The second-order valence-corrected chi connectivity index (χ2v) is 7.44. The summed E-state index contributed by atoms with van der Waals surface area (Å²) in [7, 11) is 0. The molecule has 30 heavy (non-hydrogen) atoms. The van der Waals surface area contributed by atoms with Crippen LogP contribution in [0.2, 0.25) is 0 Å². The highest BCUT2D eigenvalue weighted by Gasteiger charge is 2.02. The number of hydrogen-bond donors (Lipinski definition) is 3. The Hall–Kier alpha value is -2.29. The average Bonchev–Trinajstić information content (AvgIpc) is 2.78. The van der Waals surface area contributed by atoms with Gasteiger partial charge < -0.3 is 10.4 Å². The lowest BCUT2D eigenvalue weighted by Gasteiger charge is -2.02. The van der Waals surface area contributed by atoms with Crippen molar-refractivity contribution in [1.82, 2.24) is 0 Å². The van der Waals surface area contributed by atoms with Crippen LogP contribution >= 0.6 is 44.3 Å². The van der Waals surface area contributed by atoms with Crippen LogP contribution in [0.5, 0.6) is 0 Å². The number of fused-ring (bicyclic) bond motifs is 2. The van der Waals surface area contributed by atoms with Crippen molar-refractivity contribution in [2.75, 3.05) is 0 Å². The molecule has 0 aromatic heterocycles. The van der Waals surface area contributed by atoms with Crippen molar-refractivity contribution >= 4 is 78.3 Å². The Morgan fingerprint density at radius 3 is 1.53 bits per heavy atom. The smallest absolute Gasteiger partial charge is 0.150 e. The molecule has 0 aliphatic carbocycles. The SMILES string of the molecule is Cl.NO.O/N=C/c1ccc(Br)c2ccccc12.O=Cc1ccc(Br)c2ccccc12. The van der Waals surface area contributed by atoms with E-state index < -0.39 is 0 Å². The first-order valence-electron chi connectivity index (χ1n) is 8.38. The van der Waals surface area contributed by atoms with Gasteiger partial charge in [0.15, 0.2) is 6.29 Å². The molecule has 156 valence electrons. The quantitative estimate of drug-likeness (QED) is 0.113. The Balaban J connectivity index is 0.000000270. The molecule has 0 saturated heterocycles. The molecule has 0 unspecified atom stereocenters. The maximum absolute atomic E-state index is 10.7. The van der Waals surface area contributed by atoms with Gasteiger partial charge >= 0.3 is 0 Å². The predicted octanol–water partition coefficient (Wildman–Crippen LogP) is 6.58. The van der Waals surface area contributed by atoms with Gasteiger partial charge in [0.1, 0.15) is 0 Å². The second kappa shape index (κ2) is 13.1. The highest BCUT2D eigenvalue weighted by Crippen LogP contribution is 2.26. The summed E-state index contributed by atoms with van der Waals surface area (Å²) in [4.78, 5) is 10.7. The Kier molecular flexibility index (Phi) is 11.2. The molecule has 0 fully saturated rings. The number of nitrogens with two attached hydrogens (primary N) is 1. The zero-order chi connectivity index (χ0) is 21.2. The van der Waals surface area contributed by atoms with E-state index in [1.54, 1.807) is 0 Å². The molecule has 0 bridgehead atoms. The van der Waals surface area contributed by atoms with Crippen molar-refractivity contribution in [2.24, 2.45) is 11.1 Å². The molecule has 4 rings (SSSR count). The van der Waals surface area contributed by atoms with Crippen LogP contribution in [0.15, 0.2) is 86.9 Å². The van der Waals surface area contributed by atoms with Crippen LogP contribution < -0.4 is 5.90 Å². The van der Waals surface area contributed by atoms with Crippen LogP contribution in [0, 0.1) is 0 Å². The minimum Gasteiger partial charge on any atom is -0.411 e. The molecule has 0 radical (unpaired) electrons. The molecular formula is C22H19Br2ClN2O3. The summed E-state index contributed by atoms with van der Waals surface area (Å²) in [6.45, 7) is 0. The predicted molar refractivity (Wildman–Crippen MR) is 131 cm³/mol. The normalized spacial score (nSPS) is 9.87. The standard InChI is InChI=1S/C11H8BrNO.C11H7BrO.ClH.H3NO/c12-11-6-5-8(7-13-14)9-3-1-2-4-10(9)11;12-11-6-5-8(7-13)9-3-1-2-4-10(9)11;;1-2/h1-7,14H;1-7H;1H;2H,1H2/b13-7+;;;. The van der Waals surface area contributed by atoms with Gasteiger partial charge in [0.2, 0.25) is 0 Å². The highest BCUT2D eigenvalue weighted by atomic mass is 79.9. The molecule has 0 atom stereocenters. The zero-order valence-corrected chi connectivity index (χ0v) is 19.6. The molecule has 0 saturated carbocycles. The molecule has 8 heteroatoms. The van der Waals surface area contributed by atoms with Crippen LogP contribution in [0.4, 0.5) is 0 Å². The van der Waals surface area contributed by atoms with Gasteiger partial charge in [0.05, 0.1) is 6.21 Å². The van der Waals surface area contributed by atoms with E-state index in [0.717, 1.165) is 47.9 Å². The number of aldehydes is 1. The van der Waals surface area contributed by atoms with Crippen LogP contribution in [-0.4, -0.2) is 22.9 Å². The van der Waals surface area contributed by atoms with Crippen molar-refractivity contribution < 1.29 is 15.2 Å². The van der Waals surface area contributed by atoms with Gasteiger partial charge in [0.25, 0.3) is 0 Å². The molecule has 0 heterocycles. The van der Waals surface area contributed by atoms with Crippen LogP contribution in [0.25, 0.3) is 21.5 Å². The van der Waals surface area contributed by atoms with E-state index in [1.807, 2.05) is 72.8 Å². The Bertz CT molecular complexity index is 1150. The molecule has 0 aliphatic rings. The first-order chi connectivity index (χ1) is 14.2. The largest absolute Gasteiger partial charge is 0.411 e. The van der Waals surface area contributed by atoms with E-state index >= 15 is 0 Å². The van der Waals surface area contributed by atoms with Gasteiger partial charge in [-0.3, -0.25) is 4.79 Å². The summed E-state index contributed by atoms with van der Waals surface area (Å²) in [5.41, 5.74) is 1.64. The van der Waals surface area contributed by atoms with E-state index in [0.29, 0.717) is 0 Å². The number of rotatable bonds is 2. The van der Waals surface area contributed by atoms with Crippen molar-refractivity contribution in [2.45, 2.75) is 0 Å². The fraction of sp³-hybridized carbons (Fsp3) is 0. The molecule has 0 spiro atoms. The third-order valence-electron chi connectivity index (χ3n) is 4.13. The van der Waals surface area contributed by atoms with Crippen LogP contribution in [0.1, 0.15) is 15.9 Å². The molecule has 4 aromatic rings. The summed E-state index contributed by atoms with van der Waals surface area (Å²) in [5, 5.41) is 22.3. The molecule has 4 N–H and O–H groups in total. The Labute approximate surface area is 196 Å². The minimum absolute atomic E-state index is 0. The number of carbonyl (C=O) groups is 1. The lowest BCUT2D eigenvalue weighted by molar-refractivity contribution is 0.112. The summed E-state index contributed by atoms with van der Waals surface area (Å²) in [6.07, 6.45) is 2.32. The van der Waals surface area contributed by atoms with E-state index in [4.69, 9.17) is 10.4 Å². The lowest BCUT2D eigenvalue weighted by Crippen LogP contribution is -1.84. The fourth-order valence-electron chi connectivity index (χ4n) is 2.85. The molecular weight excluding hydrogens is 536 g/mol. The van der Waals surface area contributed by atoms with E-state index in [-0.39, 0.29) is 12.4 Å². The Morgan fingerprint density at radius 1 is 0.700 bits per heavy atom. The second-order valence-electron chi connectivity index (χ2n) is 5.73. The number of carbonyl (C=O) groups excluding carboxylic acids is 1. The summed E-state index contributed by atoms with van der Waals surface area (Å²) in [5.74, 6) is 3.50. The van der Waals surface area contributed by atoms with Crippen LogP contribution in [-0.2, 0) is 0 Å². The van der Waals surface area contributed by atoms with Crippen LogP contribution in [0.3, 0.4) is 0 Å².